The SMILES string of the molecule is COCCn1nc(C(=O)N[C@H](C(=O)O)C(C)C)ccc1=O. The van der Waals surface area contributed by atoms with E-state index in [4.69, 9.17) is 9.84 Å². The summed E-state index contributed by atoms with van der Waals surface area (Å²) < 4.78 is 5.95. The number of carbonyl (C=O) groups excluding carboxylic acids is 1. The maximum atomic E-state index is 12.0. The Morgan fingerprint density at radius 2 is 2.10 bits per heavy atom. The number of nitrogens with one attached hydrogen (secondary N) is 1. The fourth-order valence-corrected chi connectivity index (χ4v) is 1.64. The molecule has 116 valence electrons. The van der Waals surface area contributed by atoms with Crippen molar-refractivity contribution in [3.8, 4) is 0 Å². The second-order valence-corrected chi connectivity index (χ2v) is 4.81. The molecule has 0 radical (unpaired) electrons. The zero-order valence-corrected chi connectivity index (χ0v) is 12.2. The van der Waals surface area contributed by atoms with Gasteiger partial charge < -0.3 is 15.2 Å². The van der Waals surface area contributed by atoms with E-state index in [0.717, 1.165) is 4.68 Å². The van der Waals surface area contributed by atoms with E-state index < -0.39 is 17.9 Å². The van der Waals surface area contributed by atoms with Crippen LogP contribution in [0.3, 0.4) is 0 Å². The van der Waals surface area contributed by atoms with Crippen LogP contribution < -0.4 is 10.9 Å². The third-order valence-electron chi connectivity index (χ3n) is 2.83. The maximum Gasteiger partial charge on any atom is 0.326 e. The van der Waals surface area contributed by atoms with Crippen LogP contribution in [0.2, 0.25) is 0 Å². The number of methoxy groups -OCH3 is 1. The molecule has 2 N–H and O–H groups in total. The van der Waals surface area contributed by atoms with Crippen molar-refractivity contribution in [3.63, 3.8) is 0 Å². The smallest absolute Gasteiger partial charge is 0.326 e. The zero-order valence-electron chi connectivity index (χ0n) is 12.2. The van der Waals surface area contributed by atoms with Gasteiger partial charge >= 0.3 is 5.97 Å². The van der Waals surface area contributed by atoms with E-state index in [0.29, 0.717) is 0 Å². The van der Waals surface area contributed by atoms with Crippen molar-refractivity contribution in [2.45, 2.75) is 26.4 Å². The summed E-state index contributed by atoms with van der Waals surface area (Å²) in [5.41, 5.74) is -0.375. The van der Waals surface area contributed by atoms with Gasteiger partial charge in [0.05, 0.1) is 13.2 Å². The number of ether oxygens (including phenoxy) is 1. The van der Waals surface area contributed by atoms with Crippen LogP contribution in [0.1, 0.15) is 24.3 Å². The standard InChI is InChI=1S/C13H19N3O5/c1-8(2)11(13(19)20)14-12(18)9-4-5-10(17)16(15-9)6-7-21-3/h4-5,8,11H,6-7H2,1-3H3,(H,14,18)(H,19,20)/t11-/m0/s1. The van der Waals surface area contributed by atoms with E-state index >= 15 is 0 Å². The highest BCUT2D eigenvalue weighted by Crippen LogP contribution is 2.03. The first-order valence-corrected chi connectivity index (χ1v) is 6.47. The summed E-state index contributed by atoms with van der Waals surface area (Å²) in [6.45, 7) is 3.86. The molecule has 0 unspecified atom stereocenters. The topological polar surface area (TPSA) is 111 Å². The van der Waals surface area contributed by atoms with Crippen molar-refractivity contribution < 1.29 is 19.4 Å². The highest BCUT2D eigenvalue weighted by molar-refractivity contribution is 5.94. The normalized spacial score (nSPS) is 12.2. The number of carboxylic acids is 1. The van der Waals surface area contributed by atoms with Crippen LogP contribution in [-0.2, 0) is 16.1 Å². The number of amides is 1. The van der Waals surface area contributed by atoms with Crippen LogP contribution in [0, 0.1) is 5.92 Å². The Morgan fingerprint density at radius 1 is 1.43 bits per heavy atom. The molecule has 1 atom stereocenters. The number of rotatable bonds is 7. The first-order chi connectivity index (χ1) is 9.86. The van der Waals surface area contributed by atoms with E-state index in [1.54, 1.807) is 13.8 Å². The Bertz CT molecular complexity index is 567. The van der Waals surface area contributed by atoms with Crippen molar-refractivity contribution in [1.29, 1.82) is 0 Å². The average Bonchev–Trinajstić information content (AvgIpc) is 2.42. The van der Waals surface area contributed by atoms with Gasteiger partial charge in [-0.1, -0.05) is 13.8 Å². The number of aromatic nitrogens is 2. The quantitative estimate of drug-likeness (QED) is 0.716. The molecule has 8 heteroatoms. The molecule has 1 aromatic rings. The van der Waals surface area contributed by atoms with Gasteiger partial charge in [0, 0.05) is 13.2 Å². The van der Waals surface area contributed by atoms with Gasteiger partial charge in [-0.25, -0.2) is 9.48 Å². The minimum Gasteiger partial charge on any atom is -0.480 e. The second kappa shape index (κ2) is 7.53. The molecule has 0 saturated carbocycles. The third-order valence-corrected chi connectivity index (χ3v) is 2.83. The zero-order chi connectivity index (χ0) is 16.0. The lowest BCUT2D eigenvalue weighted by molar-refractivity contribution is -0.140. The molecule has 0 spiro atoms. The molecule has 0 aliphatic heterocycles. The number of carboxylic acid groups (broad SMARTS) is 1. The van der Waals surface area contributed by atoms with E-state index in [-0.39, 0.29) is 30.3 Å². The fourth-order valence-electron chi connectivity index (χ4n) is 1.64. The molecule has 1 aromatic heterocycles. The summed E-state index contributed by atoms with van der Waals surface area (Å²) in [6.07, 6.45) is 0. The van der Waals surface area contributed by atoms with Gasteiger partial charge in [0.2, 0.25) is 0 Å². The van der Waals surface area contributed by atoms with Crippen molar-refractivity contribution in [2.24, 2.45) is 5.92 Å². The first-order valence-electron chi connectivity index (χ1n) is 6.47. The lowest BCUT2D eigenvalue weighted by atomic mass is 10.0. The Morgan fingerprint density at radius 3 is 2.62 bits per heavy atom. The maximum absolute atomic E-state index is 12.0. The van der Waals surface area contributed by atoms with E-state index in [2.05, 4.69) is 10.4 Å². The lowest BCUT2D eigenvalue weighted by Crippen LogP contribution is -2.45. The average molecular weight is 297 g/mol. The van der Waals surface area contributed by atoms with Crippen LogP contribution in [0.4, 0.5) is 0 Å². The van der Waals surface area contributed by atoms with Gasteiger partial charge in [0.25, 0.3) is 11.5 Å². The summed E-state index contributed by atoms with van der Waals surface area (Å²) in [5.74, 6) is -2.03. The van der Waals surface area contributed by atoms with Gasteiger partial charge in [0.15, 0.2) is 0 Å². The predicted octanol–water partition coefficient (Wildman–Crippen LogP) is -0.271. The Kier molecular flexibility index (Phi) is 6.04. The van der Waals surface area contributed by atoms with Crippen LogP contribution in [0.25, 0.3) is 0 Å². The molecule has 21 heavy (non-hydrogen) atoms. The van der Waals surface area contributed by atoms with Crippen LogP contribution in [0.15, 0.2) is 16.9 Å². The first kappa shape index (κ1) is 16.8. The molecular weight excluding hydrogens is 278 g/mol. The summed E-state index contributed by atoms with van der Waals surface area (Å²) in [6, 6.07) is 1.46. The summed E-state index contributed by atoms with van der Waals surface area (Å²) in [5, 5.41) is 15.3. The number of hydrogen-bond donors (Lipinski definition) is 2. The van der Waals surface area contributed by atoms with Crippen molar-refractivity contribution in [2.75, 3.05) is 13.7 Å². The number of aliphatic carboxylic acids is 1. The highest BCUT2D eigenvalue weighted by atomic mass is 16.5. The van der Waals surface area contributed by atoms with Gasteiger partial charge in [-0.15, -0.1) is 0 Å². The Balaban J connectivity index is 2.92. The molecule has 0 aromatic carbocycles. The second-order valence-electron chi connectivity index (χ2n) is 4.81. The summed E-state index contributed by atoms with van der Waals surface area (Å²) in [4.78, 5) is 34.6. The summed E-state index contributed by atoms with van der Waals surface area (Å²) >= 11 is 0. The van der Waals surface area contributed by atoms with Crippen LogP contribution in [0.5, 0.6) is 0 Å². The number of nitrogens with zero attached hydrogens (tertiary/aromatic N) is 2. The van der Waals surface area contributed by atoms with E-state index in [9.17, 15) is 14.4 Å². The van der Waals surface area contributed by atoms with E-state index in [1.807, 2.05) is 0 Å². The largest absolute Gasteiger partial charge is 0.480 e. The Labute approximate surface area is 121 Å². The van der Waals surface area contributed by atoms with E-state index in [1.165, 1.54) is 19.2 Å². The van der Waals surface area contributed by atoms with Crippen molar-refractivity contribution >= 4 is 11.9 Å². The minimum atomic E-state index is -1.12. The summed E-state index contributed by atoms with van der Waals surface area (Å²) in [7, 11) is 1.49. The molecule has 0 saturated heterocycles. The Hall–Kier alpha value is -2.22. The van der Waals surface area contributed by atoms with Crippen LogP contribution >= 0.6 is 0 Å². The number of hydrogen-bond acceptors (Lipinski definition) is 5. The molecular formula is C13H19N3O5. The van der Waals surface area contributed by atoms with Crippen LogP contribution in [-0.4, -0.2) is 46.5 Å². The predicted molar refractivity (Wildman–Crippen MR) is 74.1 cm³/mol. The highest BCUT2D eigenvalue weighted by Gasteiger charge is 2.24. The van der Waals surface area contributed by atoms with Gasteiger partial charge in [0.1, 0.15) is 11.7 Å². The van der Waals surface area contributed by atoms with Gasteiger partial charge in [-0.3, -0.25) is 9.59 Å². The third kappa shape index (κ3) is 4.67. The van der Waals surface area contributed by atoms with Gasteiger partial charge in [-0.2, -0.15) is 5.10 Å². The molecule has 1 rings (SSSR count). The molecule has 0 aliphatic carbocycles. The molecule has 1 heterocycles. The molecule has 8 nitrogen and oxygen atoms in total. The number of carbonyl (C=O) groups is 2. The lowest BCUT2D eigenvalue weighted by Gasteiger charge is -2.17. The molecule has 1 amide bonds. The van der Waals surface area contributed by atoms with Gasteiger partial charge in [-0.05, 0) is 12.0 Å². The fraction of sp³-hybridized carbons (Fsp3) is 0.538. The molecule has 0 bridgehead atoms. The molecule has 0 fully saturated rings. The van der Waals surface area contributed by atoms with Crippen molar-refractivity contribution in [3.05, 3.63) is 28.2 Å². The monoisotopic (exact) mass is 297 g/mol. The van der Waals surface area contributed by atoms with Crippen molar-refractivity contribution in [1.82, 2.24) is 15.1 Å². The molecule has 0 aliphatic rings. The minimum absolute atomic E-state index is 0.0161.